The van der Waals surface area contributed by atoms with Crippen LogP contribution < -0.4 is 0 Å². The molecule has 1 aliphatic rings. The minimum Gasteiger partial charge on any atom is -0.504 e. The molecule has 6 N–H and O–H groups in total. The number of rotatable bonds is 8. The van der Waals surface area contributed by atoms with Crippen molar-refractivity contribution < 1.29 is 64.0 Å². The van der Waals surface area contributed by atoms with Gasteiger partial charge in [0.25, 0.3) is 0 Å². The van der Waals surface area contributed by atoms with Crippen LogP contribution in [0.25, 0.3) is 12.2 Å². The number of ether oxygens (including phenoxy) is 3. The Morgan fingerprint density at radius 1 is 0.737 bits per heavy atom. The molecule has 0 radical (unpaired) electrons. The normalized spacial score (nSPS) is 18.9. The molecule has 0 unspecified atom stereocenters. The molecule has 2 aromatic carbocycles. The molecule has 1 aliphatic heterocycles. The fraction of sp³-hybridized carbons (Fsp3) is 0.120. The van der Waals surface area contributed by atoms with Crippen LogP contribution in [0, 0.1) is 0 Å². The zero-order valence-electron chi connectivity index (χ0n) is 19.1. The number of carbonyl (C=O) groups is 4. The first-order valence-electron chi connectivity index (χ1n) is 10.6. The Bertz CT molecular complexity index is 1360. The van der Waals surface area contributed by atoms with Crippen LogP contribution in [-0.2, 0) is 33.4 Å². The molecule has 0 aliphatic carbocycles. The van der Waals surface area contributed by atoms with Gasteiger partial charge in [-0.2, -0.15) is 0 Å². The van der Waals surface area contributed by atoms with Crippen molar-refractivity contribution in [1.82, 2.24) is 0 Å². The van der Waals surface area contributed by atoms with E-state index < -0.39 is 65.2 Å². The number of aliphatic carboxylic acids is 2. The number of phenolic OH excluding ortho intramolecular Hbond substituents is 4. The Morgan fingerprint density at radius 2 is 1.24 bits per heavy atom. The number of carbonyl (C=O) groups excluding carboxylic acids is 2. The summed E-state index contributed by atoms with van der Waals surface area (Å²) in [4.78, 5) is 48.0. The first-order chi connectivity index (χ1) is 17.9. The molecule has 0 saturated heterocycles. The van der Waals surface area contributed by atoms with Gasteiger partial charge in [-0.3, -0.25) is 0 Å². The molecule has 0 bridgehead atoms. The van der Waals surface area contributed by atoms with Gasteiger partial charge >= 0.3 is 23.9 Å². The summed E-state index contributed by atoms with van der Waals surface area (Å²) in [5.74, 6) is -8.14. The molecule has 13 heteroatoms. The molecule has 0 aromatic heterocycles. The number of aromatic hydroxyl groups is 4. The van der Waals surface area contributed by atoms with Crippen LogP contribution in [0.15, 0.2) is 60.4 Å². The predicted molar refractivity (Wildman–Crippen MR) is 126 cm³/mol. The van der Waals surface area contributed by atoms with Gasteiger partial charge in [-0.25, -0.2) is 19.2 Å². The standard InChI is InChI=1S/C25H20O13/c26-14-5-1-12(9-16(14)28)3-7-20(30)36-18-11-19(24(32)33)37-23(25(34)35)22(18)38-21(31)8-4-13-2-6-15(27)17(29)10-13/h1-11,18,22-23,26-29H,(H,32,33)(H,34,35)/b7-3+,8-4+/t18-,22-,23+/m1/s1. The number of hydrogen-bond donors (Lipinski definition) is 6. The van der Waals surface area contributed by atoms with Gasteiger partial charge in [-0.1, -0.05) is 12.1 Å². The van der Waals surface area contributed by atoms with Crippen LogP contribution in [0.2, 0.25) is 0 Å². The first kappa shape index (κ1) is 27.1. The van der Waals surface area contributed by atoms with E-state index >= 15 is 0 Å². The fourth-order valence-electron chi connectivity index (χ4n) is 3.17. The maximum Gasteiger partial charge on any atom is 0.370 e. The van der Waals surface area contributed by atoms with E-state index in [0.29, 0.717) is 0 Å². The zero-order chi connectivity index (χ0) is 28.0. The highest BCUT2D eigenvalue weighted by atomic mass is 16.6. The number of carboxylic acid groups (broad SMARTS) is 2. The van der Waals surface area contributed by atoms with E-state index in [2.05, 4.69) is 0 Å². The van der Waals surface area contributed by atoms with Crippen LogP contribution in [0.4, 0.5) is 0 Å². The number of benzene rings is 2. The molecule has 38 heavy (non-hydrogen) atoms. The Labute approximate surface area is 213 Å². The van der Waals surface area contributed by atoms with E-state index in [9.17, 15) is 49.8 Å². The monoisotopic (exact) mass is 528 g/mol. The Hall–Kier alpha value is -5.46. The van der Waals surface area contributed by atoms with Gasteiger partial charge < -0.3 is 44.8 Å². The van der Waals surface area contributed by atoms with Gasteiger partial charge in [-0.05, 0) is 47.5 Å². The molecule has 3 rings (SSSR count). The second-order valence-corrected chi connectivity index (χ2v) is 7.68. The van der Waals surface area contributed by atoms with Gasteiger partial charge in [0.05, 0.1) is 0 Å². The smallest absolute Gasteiger partial charge is 0.370 e. The molecule has 198 valence electrons. The molecule has 13 nitrogen and oxygen atoms in total. The molecule has 2 aromatic rings. The van der Waals surface area contributed by atoms with Gasteiger partial charge in [-0.15, -0.1) is 0 Å². The lowest BCUT2D eigenvalue weighted by Crippen LogP contribution is -2.50. The van der Waals surface area contributed by atoms with Crippen molar-refractivity contribution >= 4 is 36.0 Å². The third kappa shape index (κ3) is 6.81. The minimum absolute atomic E-state index is 0.272. The van der Waals surface area contributed by atoms with Crippen molar-refractivity contribution in [3.8, 4) is 23.0 Å². The number of esters is 2. The predicted octanol–water partition coefficient (Wildman–Crippen LogP) is 1.51. The summed E-state index contributed by atoms with van der Waals surface area (Å²) in [6, 6.07) is 7.32. The van der Waals surface area contributed by atoms with Crippen molar-refractivity contribution in [3.05, 3.63) is 71.5 Å². The molecule has 0 fully saturated rings. The summed E-state index contributed by atoms with van der Waals surface area (Å²) >= 11 is 0. The maximum atomic E-state index is 12.4. The summed E-state index contributed by atoms with van der Waals surface area (Å²) in [6.07, 6.45) is -0.702. The van der Waals surface area contributed by atoms with Gasteiger partial charge in [0.15, 0.2) is 35.2 Å². The van der Waals surface area contributed by atoms with Crippen LogP contribution in [0.3, 0.4) is 0 Å². The lowest BCUT2D eigenvalue weighted by molar-refractivity contribution is -0.183. The second kappa shape index (κ2) is 11.5. The van der Waals surface area contributed by atoms with E-state index in [1.54, 1.807) is 0 Å². The number of phenols is 4. The molecule has 0 amide bonds. The van der Waals surface area contributed by atoms with E-state index in [1.807, 2.05) is 0 Å². The largest absolute Gasteiger partial charge is 0.504 e. The Balaban J connectivity index is 1.82. The SMILES string of the molecule is O=C(/C=C/c1ccc(O)c(O)c1)O[C@H]1[C@@H](C(=O)O)OC(C(=O)O)=C[C@H]1OC(=O)/C=C/c1ccc(O)c(O)c1. The summed E-state index contributed by atoms with van der Waals surface area (Å²) < 4.78 is 15.2. The van der Waals surface area contributed by atoms with Crippen molar-refractivity contribution in [2.75, 3.05) is 0 Å². The molecule has 1 heterocycles. The van der Waals surface area contributed by atoms with Gasteiger partial charge in [0.1, 0.15) is 0 Å². The summed E-state index contributed by atoms with van der Waals surface area (Å²) in [5, 5.41) is 56.6. The topological polar surface area (TPSA) is 217 Å². The fourth-order valence-corrected chi connectivity index (χ4v) is 3.17. The van der Waals surface area contributed by atoms with Gasteiger partial charge in [0.2, 0.25) is 11.9 Å². The summed E-state index contributed by atoms with van der Waals surface area (Å²) in [7, 11) is 0. The highest BCUT2D eigenvalue weighted by Crippen LogP contribution is 2.27. The van der Waals surface area contributed by atoms with Crippen LogP contribution >= 0.6 is 0 Å². The Kier molecular flexibility index (Phi) is 8.22. The molecular formula is C25H20O13. The van der Waals surface area contributed by atoms with Crippen molar-refractivity contribution in [1.29, 1.82) is 0 Å². The zero-order valence-corrected chi connectivity index (χ0v) is 19.1. The molecular weight excluding hydrogens is 508 g/mol. The highest BCUT2D eigenvalue weighted by Gasteiger charge is 2.45. The maximum absolute atomic E-state index is 12.4. The quantitative estimate of drug-likeness (QED) is 0.163. The van der Waals surface area contributed by atoms with E-state index in [0.717, 1.165) is 36.4 Å². The third-order valence-corrected chi connectivity index (χ3v) is 4.97. The number of carboxylic acids is 2. The van der Waals surface area contributed by atoms with Crippen molar-refractivity contribution in [2.45, 2.75) is 18.3 Å². The molecule has 0 spiro atoms. The average Bonchev–Trinajstić information content (AvgIpc) is 2.86. The van der Waals surface area contributed by atoms with Gasteiger partial charge in [0, 0.05) is 18.2 Å². The number of hydrogen-bond acceptors (Lipinski definition) is 11. The highest BCUT2D eigenvalue weighted by molar-refractivity contribution is 5.90. The van der Waals surface area contributed by atoms with Crippen molar-refractivity contribution in [2.24, 2.45) is 0 Å². The van der Waals surface area contributed by atoms with Crippen molar-refractivity contribution in [3.63, 3.8) is 0 Å². The third-order valence-electron chi connectivity index (χ3n) is 4.97. The van der Waals surface area contributed by atoms with E-state index in [4.69, 9.17) is 14.2 Å². The summed E-state index contributed by atoms with van der Waals surface area (Å²) in [5.41, 5.74) is 0.552. The average molecular weight is 528 g/mol. The molecule has 3 atom stereocenters. The lowest BCUT2D eigenvalue weighted by atomic mass is 10.0. The van der Waals surface area contributed by atoms with Crippen LogP contribution in [-0.4, -0.2) is 72.8 Å². The minimum atomic E-state index is -2.06. The first-order valence-corrected chi connectivity index (χ1v) is 10.6. The summed E-state index contributed by atoms with van der Waals surface area (Å²) in [6.45, 7) is 0. The van der Waals surface area contributed by atoms with E-state index in [1.165, 1.54) is 30.4 Å². The second-order valence-electron chi connectivity index (χ2n) is 7.68. The van der Waals surface area contributed by atoms with E-state index in [-0.39, 0.29) is 16.9 Å². The van der Waals surface area contributed by atoms with Crippen LogP contribution in [0.1, 0.15) is 11.1 Å². The lowest BCUT2D eigenvalue weighted by Gasteiger charge is -2.32. The molecule has 0 saturated carbocycles. The Morgan fingerprint density at radius 3 is 1.68 bits per heavy atom. The van der Waals surface area contributed by atoms with Crippen LogP contribution in [0.5, 0.6) is 23.0 Å².